The molecule has 0 aliphatic rings. The third kappa shape index (κ3) is 4.83. The highest BCUT2D eigenvalue weighted by Crippen LogP contribution is 2.22. The number of nitrogens with one attached hydrogen (secondary N) is 1. The van der Waals surface area contributed by atoms with E-state index in [-0.39, 0.29) is 6.61 Å². The molecule has 1 amide bonds. The Balaban J connectivity index is 2.84. The highest BCUT2D eigenvalue weighted by molar-refractivity contribution is 5.86. The third-order valence-electron chi connectivity index (χ3n) is 3.67. The number of benzene rings is 1. The van der Waals surface area contributed by atoms with Gasteiger partial charge in [-0.1, -0.05) is 57.5 Å². The Bertz CT molecular complexity index is 422. The minimum Gasteiger partial charge on any atom is -0.378 e. The molecule has 2 atom stereocenters. The van der Waals surface area contributed by atoms with Crippen LogP contribution < -0.4 is 11.1 Å². The average Bonchev–Trinajstić information content (AvgIpc) is 2.47. The Morgan fingerprint density at radius 2 is 2.00 bits per heavy atom. The highest BCUT2D eigenvalue weighted by Gasteiger charge is 2.38. The fraction of sp³-hybridized carbons (Fsp3) is 0.588. The smallest absolute Gasteiger partial charge is 0.244 e. The van der Waals surface area contributed by atoms with E-state index in [9.17, 15) is 4.79 Å². The van der Waals surface area contributed by atoms with Crippen molar-refractivity contribution in [3.8, 4) is 0 Å². The van der Waals surface area contributed by atoms with Gasteiger partial charge in [-0.25, -0.2) is 0 Å². The number of ether oxygens (including phenoxy) is 1. The Hall–Kier alpha value is -1.39. The number of nitrogens with two attached hydrogens (primary N) is 1. The molecule has 4 nitrogen and oxygen atoms in total. The first-order chi connectivity index (χ1) is 10.1. The van der Waals surface area contributed by atoms with Crippen molar-refractivity contribution >= 4 is 5.91 Å². The van der Waals surface area contributed by atoms with Crippen LogP contribution in [0.1, 0.15) is 39.2 Å². The van der Waals surface area contributed by atoms with Gasteiger partial charge in [-0.15, -0.1) is 0 Å². The van der Waals surface area contributed by atoms with Crippen LogP contribution in [0.2, 0.25) is 0 Å². The first kappa shape index (κ1) is 17.7. The van der Waals surface area contributed by atoms with E-state index in [1.807, 2.05) is 37.3 Å². The van der Waals surface area contributed by atoms with E-state index >= 15 is 0 Å². The molecule has 2 unspecified atom stereocenters. The lowest BCUT2D eigenvalue weighted by Crippen LogP contribution is -2.56. The Labute approximate surface area is 128 Å². The predicted octanol–water partition coefficient (Wildman–Crippen LogP) is 2.43. The van der Waals surface area contributed by atoms with Crippen molar-refractivity contribution in [2.75, 3.05) is 19.8 Å². The maximum atomic E-state index is 12.1. The van der Waals surface area contributed by atoms with Gasteiger partial charge in [0.1, 0.15) is 5.54 Å². The Kier molecular flexibility index (Phi) is 7.40. The molecule has 0 radical (unpaired) electrons. The van der Waals surface area contributed by atoms with Crippen LogP contribution in [0.25, 0.3) is 0 Å². The quantitative estimate of drug-likeness (QED) is 0.696. The minimum atomic E-state index is -0.956. The minimum absolute atomic E-state index is 0.258. The molecule has 118 valence electrons. The molecule has 21 heavy (non-hydrogen) atoms. The first-order valence-electron chi connectivity index (χ1n) is 7.75. The molecule has 0 fully saturated rings. The lowest BCUT2D eigenvalue weighted by Gasteiger charge is -2.32. The summed E-state index contributed by atoms with van der Waals surface area (Å²) in [6.07, 6.45) is 2.26. The van der Waals surface area contributed by atoms with Gasteiger partial charge in [-0.2, -0.15) is 0 Å². The van der Waals surface area contributed by atoms with Gasteiger partial charge in [0, 0.05) is 6.61 Å². The van der Waals surface area contributed by atoms with Gasteiger partial charge < -0.3 is 10.5 Å². The van der Waals surface area contributed by atoms with Crippen LogP contribution in [0.15, 0.2) is 30.3 Å². The van der Waals surface area contributed by atoms with Crippen LogP contribution in [0.4, 0.5) is 0 Å². The first-order valence-corrected chi connectivity index (χ1v) is 7.75. The largest absolute Gasteiger partial charge is 0.378 e. The van der Waals surface area contributed by atoms with Crippen LogP contribution in [0.5, 0.6) is 0 Å². The van der Waals surface area contributed by atoms with Gasteiger partial charge in [-0.3, -0.25) is 10.1 Å². The van der Waals surface area contributed by atoms with Gasteiger partial charge in [0.05, 0.1) is 6.61 Å². The topological polar surface area (TPSA) is 64.3 Å². The van der Waals surface area contributed by atoms with E-state index in [4.69, 9.17) is 10.5 Å². The summed E-state index contributed by atoms with van der Waals surface area (Å²) in [7, 11) is 0. The zero-order valence-electron chi connectivity index (χ0n) is 13.4. The van der Waals surface area contributed by atoms with Crippen molar-refractivity contribution in [2.24, 2.45) is 11.7 Å². The molecular formula is C17H28N2O2. The zero-order chi connectivity index (χ0) is 15.7. The molecule has 0 aliphatic heterocycles. The number of carbonyl (C=O) groups is 1. The molecular weight excluding hydrogens is 264 g/mol. The van der Waals surface area contributed by atoms with Gasteiger partial charge in [-0.05, 0) is 24.4 Å². The van der Waals surface area contributed by atoms with Gasteiger partial charge in [0.2, 0.25) is 5.91 Å². The SMILES string of the molecule is CCCC(C)COCC(NCC)(C(N)=O)c1ccccc1. The van der Waals surface area contributed by atoms with Crippen LogP contribution in [-0.4, -0.2) is 25.7 Å². The standard InChI is InChI=1S/C17H28N2O2/c1-4-9-14(3)12-21-13-17(16(18)20,19-5-2)15-10-7-6-8-11-15/h6-8,10-11,14,19H,4-5,9,12-13H2,1-3H3,(H2,18,20). The molecule has 0 spiro atoms. The van der Waals surface area contributed by atoms with E-state index in [0.29, 0.717) is 19.1 Å². The van der Waals surface area contributed by atoms with Crippen molar-refractivity contribution in [1.29, 1.82) is 0 Å². The number of amides is 1. The van der Waals surface area contributed by atoms with Crippen molar-refractivity contribution in [3.05, 3.63) is 35.9 Å². The number of rotatable bonds is 10. The van der Waals surface area contributed by atoms with E-state index < -0.39 is 11.4 Å². The monoisotopic (exact) mass is 292 g/mol. The van der Waals surface area contributed by atoms with Gasteiger partial charge >= 0.3 is 0 Å². The zero-order valence-corrected chi connectivity index (χ0v) is 13.4. The molecule has 0 bridgehead atoms. The lowest BCUT2D eigenvalue weighted by atomic mass is 9.89. The molecule has 0 aromatic heterocycles. The second kappa shape index (κ2) is 8.80. The number of hydrogen-bond donors (Lipinski definition) is 2. The fourth-order valence-electron chi connectivity index (χ4n) is 2.55. The van der Waals surface area contributed by atoms with E-state index in [1.54, 1.807) is 0 Å². The second-order valence-corrected chi connectivity index (χ2v) is 5.57. The van der Waals surface area contributed by atoms with Crippen LogP contribution in [0.3, 0.4) is 0 Å². The highest BCUT2D eigenvalue weighted by atomic mass is 16.5. The maximum Gasteiger partial charge on any atom is 0.244 e. The molecule has 1 aromatic rings. The van der Waals surface area contributed by atoms with Crippen LogP contribution in [0, 0.1) is 5.92 Å². The molecule has 0 aliphatic carbocycles. The normalized spacial score (nSPS) is 15.4. The molecule has 1 rings (SSSR count). The Morgan fingerprint density at radius 3 is 2.52 bits per heavy atom. The third-order valence-corrected chi connectivity index (χ3v) is 3.67. The summed E-state index contributed by atoms with van der Waals surface area (Å²) in [5.74, 6) is 0.0803. The number of carbonyl (C=O) groups excluding carboxylic acids is 1. The summed E-state index contributed by atoms with van der Waals surface area (Å²) in [6.45, 7) is 7.82. The molecule has 1 aromatic carbocycles. The number of primary amides is 1. The van der Waals surface area contributed by atoms with E-state index in [1.165, 1.54) is 0 Å². The van der Waals surface area contributed by atoms with Crippen LogP contribution in [-0.2, 0) is 15.1 Å². The van der Waals surface area contributed by atoms with Crippen LogP contribution >= 0.6 is 0 Å². The number of likely N-dealkylation sites (N-methyl/N-ethyl adjacent to an activating group) is 1. The summed E-state index contributed by atoms with van der Waals surface area (Å²) >= 11 is 0. The molecule has 0 heterocycles. The molecule has 0 saturated carbocycles. The summed E-state index contributed by atoms with van der Waals surface area (Å²) in [4.78, 5) is 12.1. The summed E-state index contributed by atoms with van der Waals surface area (Å²) in [5.41, 5.74) is 5.58. The molecule has 0 saturated heterocycles. The van der Waals surface area contributed by atoms with Crippen molar-refractivity contribution in [2.45, 2.75) is 39.2 Å². The van der Waals surface area contributed by atoms with Crippen molar-refractivity contribution < 1.29 is 9.53 Å². The molecule has 3 N–H and O–H groups in total. The van der Waals surface area contributed by atoms with Gasteiger partial charge in [0.15, 0.2) is 0 Å². The second-order valence-electron chi connectivity index (χ2n) is 5.57. The number of hydrogen-bond acceptors (Lipinski definition) is 3. The van der Waals surface area contributed by atoms with E-state index in [0.717, 1.165) is 18.4 Å². The van der Waals surface area contributed by atoms with Crippen molar-refractivity contribution in [1.82, 2.24) is 5.32 Å². The van der Waals surface area contributed by atoms with E-state index in [2.05, 4.69) is 19.2 Å². The van der Waals surface area contributed by atoms with Crippen molar-refractivity contribution in [3.63, 3.8) is 0 Å². The fourth-order valence-corrected chi connectivity index (χ4v) is 2.55. The van der Waals surface area contributed by atoms with Gasteiger partial charge in [0.25, 0.3) is 0 Å². The molecule has 4 heteroatoms. The predicted molar refractivity (Wildman–Crippen MR) is 85.9 cm³/mol. The Morgan fingerprint density at radius 1 is 1.33 bits per heavy atom. The average molecular weight is 292 g/mol. The maximum absolute atomic E-state index is 12.1. The lowest BCUT2D eigenvalue weighted by molar-refractivity contribution is -0.128. The summed E-state index contributed by atoms with van der Waals surface area (Å²) in [6, 6.07) is 9.55. The summed E-state index contributed by atoms with van der Waals surface area (Å²) < 4.78 is 5.82. The summed E-state index contributed by atoms with van der Waals surface area (Å²) in [5, 5.41) is 3.22.